The summed E-state index contributed by atoms with van der Waals surface area (Å²) < 4.78 is 0. The van der Waals surface area contributed by atoms with Crippen molar-refractivity contribution in [2.24, 2.45) is 0 Å². The molecule has 0 aliphatic rings. The maximum absolute atomic E-state index is 11.3. The van der Waals surface area contributed by atoms with Gasteiger partial charge in [0.1, 0.15) is 5.82 Å². The third-order valence-corrected chi connectivity index (χ3v) is 2.66. The average molecular weight is 214 g/mol. The third-order valence-electron chi connectivity index (χ3n) is 2.66. The molecule has 0 unspecified atom stereocenters. The molecule has 1 heterocycles. The fraction of sp³-hybridized carbons (Fsp3) is 0.231. The van der Waals surface area contributed by atoms with Crippen molar-refractivity contribution in [3.8, 4) is 11.3 Å². The van der Waals surface area contributed by atoms with E-state index in [1.807, 2.05) is 12.1 Å². The molecule has 0 amide bonds. The van der Waals surface area contributed by atoms with Crippen molar-refractivity contribution in [1.82, 2.24) is 9.97 Å². The predicted octanol–water partition coefficient (Wildman–Crippen LogP) is 2.36. The molecule has 1 aromatic heterocycles. The van der Waals surface area contributed by atoms with Crippen LogP contribution >= 0.6 is 0 Å². The number of rotatable bonds is 1. The van der Waals surface area contributed by atoms with Gasteiger partial charge in [-0.15, -0.1) is 0 Å². The number of nitrogens with zero attached hydrogens (tertiary/aromatic N) is 1. The smallest absolute Gasteiger partial charge is 0.251 e. The lowest BCUT2D eigenvalue weighted by Gasteiger charge is -2.05. The molecule has 1 aromatic carbocycles. The Hall–Kier alpha value is -1.90. The van der Waals surface area contributed by atoms with Crippen LogP contribution in [-0.4, -0.2) is 9.97 Å². The fourth-order valence-corrected chi connectivity index (χ4v) is 1.63. The first-order chi connectivity index (χ1) is 7.56. The van der Waals surface area contributed by atoms with E-state index in [0.717, 1.165) is 11.3 Å². The first-order valence-electron chi connectivity index (χ1n) is 5.22. The van der Waals surface area contributed by atoms with Gasteiger partial charge in [-0.05, 0) is 38.0 Å². The van der Waals surface area contributed by atoms with Gasteiger partial charge < -0.3 is 4.98 Å². The molecular weight excluding hydrogens is 200 g/mol. The topological polar surface area (TPSA) is 45.8 Å². The monoisotopic (exact) mass is 214 g/mol. The number of hydrogen-bond acceptors (Lipinski definition) is 2. The van der Waals surface area contributed by atoms with Crippen molar-refractivity contribution in [2.75, 3.05) is 0 Å². The molecule has 3 heteroatoms. The van der Waals surface area contributed by atoms with E-state index < -0.39 is 0 Å². The normalized spacial score (nSPS) is 10.4. The standard InChI is InChI=1S/C13H14N2O/c1-8-4-5-11(6-9(8)2)12-7-13(16)15-10(3)14-12/h4-7H,1-3H3,(H,14,15,16). The van der Waals surface area contributed by atoms with Crippen LogP contribution in [0.2, 0.25) is 0 Å². The van der Waals surface area contributed by atoms with Crippen LogP contribution in [0, 0.1) is 20.8 Å². The molecule has 2 rings (SSSR count). The number of aryl methyl sites for hydroxylation is 3. The Morgan fingerprint density at radius 1 is 1.06 bits per heavy atom. The summed E-state index contributed by atoms with van der Waals surface area (Å²) in [4.78, 5) is 18.3. The lowest BCUT2D eigenvalue weighted by molar-refractivity contribution is 1.02. The largest absolute Gasteiger partial charge is 0.311 e. The molecule has 0 atom stereocenters. The van der Waals surface area contributed by atoms with Gasteiger partial charge in [0.15, 0.2) is 0 Å². The molecule has 0 bridgehead atoms. The van der Waals surface area contributed by atoms with Crippen LogP contribution < -0.4 is 5.56 Å². The van der Waals surface area contributed by atoms with E-state index in [2.05, 4.69) is 29.9 Å². The van der Waals surface area contributed by atoms with Crippen molar-refractivity contribution in [1.29, 1.82) is 0 Å². The fourth-order valence-electron chi connectivity index (χ4n) is 1.63. The van der Waals surface area contributed by atoms with Gasteiger partial charge in [0.05, 0.1) is 5.69 Å². The Labute approximate surface area is 94.2 Å². The molecular formula is C13H14N2O. The summed E-state index contributed by atoms with van der Waals surface area (Å²) in [5.74, 6) is 0.640. The lowest BCUT2D eigenvalue weighted by Crippen LogP contribution is -2.08. The Kier molecular flexibility index (Phi) is 2.60. The van der Waals surface area contributed by atoms with Crippen LogP contribution in [-0.2, 0) is 0 Å². The number of aromatic amines is 1. The summed E-state index contributed by atoms with van der Waals surface area (Å²) in [7, 11) is 0. The van der Waals surface area contributed by atoms with E-state index in [1.165, 1.54) is 17.2 Å². The Bertz CT molecular complexity index is 585. The quantitative estimate of drug-likeness (QED) is 0.792. The van der Waals surface area contributed by atoms with E-state index >= 15 is 0 Å². The van der Waals surface area contributed by atoms with Crippen LogP contribution in [0.5, 0.6) is 0 Å². The van der Waals surface area contributed by atoms with E-state index in [9.17, 15) is 4.79 Å². The Morgan fingerprint density at radius 2 is 1.81 bits per heavy atom. The van der Waals surface area contributed by atoms with Gasteiger partial charge in [-0.1, -0.05) is 12.1 Å². The van der Waals surface area contributed by atoms with E-state index in [-0.39, 0.29) is 5.56 Å². The van der Waals surface area contributed by atoms with Crippen LogP contribution in [0.4, 0.5) is 0 Å². The van der Waals surface area contributed by atoms with Crippen molar-refractivity contribution in [3.05, 3.63) is 51.6 Å². The van der Waals surface area contributed by atoms with Crippen LogP contribution in [0.25, 0.3) is 11.3 Å². The summed E-state index contributed by atoms with van der Waals surface area (Å²) in [5, 5.41) is 0. The molecule has 0 saturated carbocycles. The maximum Gasteiger partial charge on any atom is 0.251 e. The molecule has 82 valence electrons. The molecule has 0 aliphatic carbocycles. The zero-order valence-electron chi connectivity index (χ0n) is 9.66. The van der Waals surface area contributed by atoms with Gasteiger partial charge in [0.25, 0.3) is 5.56 Å². The second-order valence-electron chi connectivity index (χ2n) is 4.02. The average Bonchev–Trinajstić information content (AvgIpc) is 2.20. The second kappa shape index (κ2) is 3.93. The Balaban J connectivity index is 2.58. The zero-order chi connectivity index (χ0) is 11.7. The van der Waals surface area contributed by atoms with Crippen molar-refractivity contribution in [2.45, 2.75) is 20.8 Å². The van der Waals surface area contributed by atoms with Crippen molar-refractivity contribution < 1.29 is 0 Å². The highest BCUT2D eigenvalue weighted by Gasteiger charge is 2.03. The van der Waals surface area contributed by atoms with E-state index in [1.54, 1.807) is 6.92 Å². The molecule has 1 N–H and O–H groups in total. The second-order valence-corrected chi connectivity index (χ2v) is 4.02. The molecule has 3 nitrogen and oxygen atoms in total. The minimum absolute atomic E-state index is 0.110. The number of H-pyrrole nitrogens is 1. The molecule has 16 heavy (non-hydrogen) atoms. The number of aromatic nitrogens is 2. The number of benzene rings is 1. The van der Waals surface area contributed by atoms with Crippen molar-refractivity contribution in [3.63, 3.8) is 0 Å². The molecule has 0 spiro atoms. The molecule has 0 fully saturated rings. The van der Waals surface area contributed by atoms with Gasteiger partial charge >= 0.3 is 0 Å². The summed E-state index contributed by atoms with van der Waals surface area (Å²) in [6, 6.07) is 7.61. The first kappa shape index (κ1) is 10.6. The highest BCUT2D eigenvalue weighted by atomic mass is 16.1. The maximum atomic E-state index is 11.3. The third kappa shape index (κ3) is 2.03. The highest BCUT2D eigenvalue weighted by molar-refractivity contribution is 5.60. The van der Waals surface area contributed by atoms with Gasteiger partial charge in [-0.3, -0.25) is 4.79 Å². The number of hydrogen-bond donors (Lipinski definition) is 1. The first-order valence-corrected chi connectivity index (χ1v) is 5.22. The van der Waals surface area contributed by atoms with Gasteiger partial charge in [-0.25, -0.2) is 4.98 Å². The molecule has 2 aromatic rings. The summed E-state index contributed by atoms with van der Waals surface area (Å²) in [6.45, 7) is 5.90. The summed E-state index contributed by atoms with van der Waals surface area (Å²) in [6.07, 6.45) is 0. The van der Waals surface area contributed by atoms with Crippen LogP contribution in [0.1, 0.15) is 17.0 Å². The summed E-state index contributed by atoms with van der Waals surface area (Å²) >= 11 is 0. The van der Waals surface area contributed by atoms with Gasteiger partial charge in [0, 0.05) is 11.6 Å². The SMILES string of the molecule is Cc1nc(-c2ccc(C)c(C)c2)cc(=O)[nH]1. The predicted molar refractivity (Wildman–Crippen MR) is 64.5 cm³/mol. The molecule has 0 radical (unpaired) electrons. The van der Waals surface area contributed by atoms with Gasteiger partial charge in [0.2, 0.25) is 0 Å². The minimum atomic E-state index is -0.110. The van der Waals surface area contributed by atoms with Crippen LogP contribution in [0.15, 0.2) is 29.1 Å². The van der Waals surface area contributed by atoms with Gasteiger partial charge in [-0.2, -0.15) is 0 Å². The summed E-state index contributed by atoms with van der Waals surface area (Å²) in [5.41, 5.74) is 4.05. The zero-order valence-corrected chi connectivity index (χ0v) is 9.66. The number of nitrogens with one attached hydrogen (secondary N) is 1. The van der Waals surface area contributed by atoms with Crippen LogP contribution in [0.3, 0.4) is 0 Å². The van der Waals surface area contributed by atoms with E-state index in [4.69, 9.17) is 0 Å². The lowest BCUT2D eigenvalue weighted by atomic mass is 10.0. The molecule has 0 saturated heterocycles. The Morgan fingerprint density at radius 3 is 2.44 bits per heavy atom. The molecule has 0 aliphatic heterocycles. The van der Waals surface area contributed by atoms with Crippen molar-refractivity contribution >= 4 is 0 Å². The minimum Gasteiger partial charge on any atom is -0.311 e. The van der Waals surface area contributed by atoms with E-state index in [0.29, 0.717) is 5.82 Å². The highest BCUT2D eigenvalue weighted by Crippen LogP contribution is 2.18.